The van der Waals surface area contributed by atoms with Crippen LogP contribution in [0.5, 0.6) is 0 Å². The van der Waals surface area contributed by atoms with Crippen LogP contribution in [-0.2, 0) is 22.4 Å². The lowest BCUT2D eigenvalue weighted by molar-refractivity contribution is -0.129. The first-order chi connectivity index (χ1) is 13.9. The third-order valence-corrected chi connectivity index (χ3v) is 6.86. The van der Waals surface area contributed by atoms with Gasteiger partial charge >= 0.3 is 0 Å². The van der Waals surface area contributed by atoms with E-state index in [-0.39, 0.29) is 23.4 Å². The van der Waals surface area contributed by atoms with Crippen molar-refractivity contribution in [2.75, 3.05) is 36.4 Å². The average molecular weight is 417 g/mol. The predicted molar refractivity (Wildman–Crippen MR) is 112 cm³/mol. The van der Waals surface area contributed by atoms with Gasteiger partial charge in [-0.05, 0) is 43.9 Å². The van der Waals surface area contributed by atoms with Crippen LogP contribution in [0.2, 0.25) is 0 Å². The molecule has 2 heterocycles. The van der Waals surface area contributed by atoms with Gasteiger partial charge in [0.1, 0.15) is 5.82 Å². The molecule has 0 saturated carbocycles. The third kappa shape index (κ3) is 4.27. The fraction of sp³-hybridized carbons (Fsp3) is 0.476. The number of fused-ring (bicyclic) bond motifs is 1. The smallest absolute Gasteiger partial charge is 0.227 e. The summed E-state index contributed by atoms with van der Waals surface area (Å²) in [6.07, 6.45) is 2.11. The Morgan fingerprint density at radius 3 is 2.69 bits per heavy atom. The van der Waals surface area contributed by atoms with E-state index in [1.807, 2.05) is 11.8 Å². The highest BCUT2D eigenvalue weighted by atomic mass is 32.1. The number of anilines is 2. The van der Waals surface area contributed by atoms with Gasteiger partial charge < -0.3 is 15.1 Å². The van der Waals surface area contributed by atoms with Crippen molar-refractivity contribution in [2.24, 2.45) is 5.92 Å². The first-order valence-corrected chi connectivity index (χ1v) is 10.8. The number of halogens is 1. The zero-order valence-electron chi connectivity index (χ0n) is 16.7. The quantitative estimate of drug-likeness (QED) is 0.835. The van der Waals surface area contributed by atoms with Crippen molar-refractivity contribution in [3.63, 3.8) is 0 Å². The minimum atomic E-state index is -0.403. The minimum absolute atomic E-state index is 0.113. The molecule has 4 rings (SSSR count). The van der Waals surface area contributed by atoms with Gasteiger partial charge in [0.2, 0.25) is 11.8 Å². The predicted octanol–water partition coefficient (Wildman–Crippen LogP) is 3.00. The second kappa shape index (κ2) is 8.10. The summed E-state index contributed by atoms with van der Waals surface area (Å²) in [5.74, 6) is -0.601. The number of carbonyl (C=O) groups excluding carboxylic acids is 2. The summed E-state index contributed by atoms with van der Waals surface area (Å²) in [5, 5.41) is 3.72. The number of aryl methyl sites for hydroxylation is 2. The molecule has 0 unspecified atom stereocenters. The maximum absolute atomic E-state index is 14.1. The van der Waals surface area contributed by atoms with Crippen molar-refractivity contribution in [1.82, 2.24) is 9.88 Å². The van der Waals surface area contributed by atoms with E-state index < -0.39 is 5.82 Å². The molecule has 1 fully saturated rings. The molecule has 1 aromatic heterocycles. The number of piperazine rings is 1. The van der Waals surface area contributed by atoms with Gasteiger partial charge in [0.05, 0.1) is 11.4 Å². The molecule has 6 nitrogen and oxygen atoms in total. The highest BCUT2D eigenvalue weighted by molar-refractivity contribution is 7.15. The first-order valence-electron chi connectivity index (χ1n) is 9.97. The van der Waals surface area contributed by atoms with E-state index in [0.717, 1.165) is 40.8 Å². The molecule has 8 heteroatoms. The van der Waals surface area contributed by atoms with E-state index in [9.17, 15) is 14.0 Å². The number of hydrogen-bond donors (Lipinski definition) is 1. The third-order valence-electron chi connectivity index (χ3n) is 5.68. The largest absolute Gasteiger partial charge is 0.345 e. The second-order valence-corrected chi connectivity index (χ2v) is 8.83. The number of hydrogen-bond acceptors (Lipinski definition) is 5. The number of nitrogens with zero attached hydrogens (tertiary/aromatic N) is 3. The van der Waals surface area contributed by atoms with Crippen molar-refractivity contribution < 1.29 is 14.0 Å². The van der Waals surface area contributed by atoms with E-state index in [2.05, 4.69) is 10.2 Å². The fourth-order valence-electron chi connectivity index (χ4n) is 3.89. The van der Waals surface area contributed by atoms with Gasteiger partial charge in [-0.3, -0.25) is 9.59 Å². The molecule has 0 radical (unpaired) electrons. The lowest BCUT2D eigenvalue weighted by Gasteiger charge is -2.33. The minimum Gasteiger partial charge on any atom is -0.345 e. The number of amides is 2. The Morgan fingerprint density at radius 2 is 2.00 bits per heavy atom. The molecule has 2 aromatic rings. The summed E-state index contributed by atoms with van der Waals surface area (Å²) >= 11 is 1.64. The standard InChI is InChI=1S/C21H25FN4O2S/c1-13-3-5-17(16(22)11-13)23-20(28)15-4-6-18-19(12-15)29-21(24-18)26-9-7-25(8-10-26)14(2)27/h3,5,11,15H,4,6-10,12H2,1-2H3,(H,23,28)/t15-/m0/s1. The second-order valence-electron chi connectivity index (χ2n) is 7.77. The van der Waals surface area contributed by atoms with Crippen molar-refractivity contribution in [2.45, 2.75) is 33.1 Å². The number of aromatic nitrogens is 1. The zero-order chi connectivity index (χ0) is 20.5. The SMILES string of the molecule is CC(=O)N1CCN(c2nc3c(s2)C[C@@H](C(=O)Nc2ccc(C)cc2F)CC3)CC1. The lowest BCUT2D eigenvalue weighted by atomic mass is 9.90. The number of rotatable bonds is 3. The van der Waals surface area contributed by atoms with Gasteiger partial charge in [0.15, 0.2) is 5.13 Å². The molecular formula is C21H25FN4O2S. The van der Waals surface area contributed by atoms with Gasteiger partial charge in [-0.1, -0.05) is 6.07 Å². The van der Waals surface area contributed by atoms with Gasteiger partial charge in [-0.2, -0.15) is 0 Å². The van der Waals surface area contributed by atoms with Crippen molar-refractivity contribution in [1.29, 1.82) is 0 Å². The summed E-state index contributed by atoms with van der Waals surface area (Å²) < 4.78 is 14.1. The van der Waals surface area contributed by atoms with E-state index >= 15 is 0 Å². The van der Waals surface area contributed by atoms with Crippen LogP contribution in [0.15, 0.2) is 18.2 Å². The molecule has 1 N–H and O–H groups in total. The topological polar surface area (TPSA) is 65.5 Å². The molecule has 1 atom stereocenters. The normalized spacial score (nSPS) is 19.1. The summed E-state index contributed by atoms with van der Waals surface area (Å²) in [4.78, 5) is 34.2. The van der Waals surface area contributed by atoms with Crippen LogP contribution >= 0.6 is 11.3 Å². The van der Waals surface area contributed by atoms with Crippen LogP contribution in [0.4, 0.5) is 15.2 Å². The highest BCUT2D eigenvalue weighted by Gasteiger charge is 2.30. The molecule has 1 aliphatic carbocycles. The molecule has 0 bridgehead atoms. The Bertz CT molecular complexity index is 937. The monoisotopic (exact) mass is 416 g/mol. The molecule has 1 saturated heterocycles. The van der Waals surface area contributed by atoms with Gasteiger partial charge in [0, 0.05) is 43.9 Å². The van der Waals surface area contributed by atoms with Crippen LogP contribution in [0, 0.1) is 18.7 Å². The molecule has 1 aromatic carbocycles. The van der Waals surface area contributed by atoms with Crippen LogP contribution in [0.3, 0.4) is 0 Å². The van der Waals surface area contributed by atoms with Gasteiger partial charge in [-0.15, -0.1) is 11.3 Å². The summed E-state index contributed by atoms with van der Waals surface area (Å²) in [6, 6.07) is 4.83. The van der Waals surface area contributed by atoms with Gasteiger partial charge in [-0.25, -0.2) is 9.37 Å². The van der Waals surface area contributed by atoms with Crippen LogP contribution in [0.25, 0.3) is 0 Å². The summed E-state index contributed by atoms with van der Waals surface area (Å²) in [7, 11) is 0. The first kappa shape index (κ1) is 19.8. The summed E-state index contributed by atoms with van der Waals surface area (Å²) in [6.45, 7) is 6.41. The Balaban J connectivity index is 1.40. The number of benzene rings is 1. The van der Waals surface area contributed by atoms with E-state index in [1.165, 1.54) is 6.07 Å². The molecule has 2 amide bonds. The van der Waals surface area contributed by atoms with E-state index in [4.69, 9.17) is 4.98 Å². The molecular weight excluding hydrogens is 391 g/mol. The van der Waals surface area contributed by atoms with Crippen molar-refractivity contribution >= 4 is 34.0 Å². The summed E-state index contributed by atoms with van der Waals surface area (Å²) in [5.41, 5.74) is 2.13. The Labute approximate surface area is 173 Å². The number of carbonyl (C=O) groups is 2. The molecule has 2 aliphatic rings. The maximum atomic E-state index is 14.1. The van der Waals surface area contributed by atoms with E-state index in [0.29, 0.717) is 25.9 Å². The molecule has 1 aliphatic heterocycles. The lowest BCUT2D eigenvalue weighted by Crippen LogP contribution is -2.48. The van der Waals surface area contributed by atoms with E-state index in [1.54, 1.807) is 30.4 Å². The maximum Gasteiger partial charge on any atom is 0.227 e. The van der Waals surface area contributed by atoms with Crippen LogP contribution in [0.1, 0.15) is 29.5 Å². The number of nitrogens with one attached hydrogen (secondary N) is 1. The Hall–Kier alpha value is -2.48. The average Bonchev–Trinajstić information content (AvgIpc) is 3.13. The van der Waals surface area contributed by atoms with Crippen molar-refractivity contribution in [3.05, 3.63) is 40.2 Å². The molecule has 29 heavy (non-hydrogen) atoms. The van der Waals surface area contributed by atoms with Crippen LogP contribution in [-0.4, -0.2) is 47.9 Å². The molecule has 154 valence electrons. The molecule has 0 spiro atoms. The Kier molecular flexibility index (Phi) is 5.54. The number of thiazole rings is 1. The highest BCUT2D eigenvalue weighted by Crippen LogP contribution is 2.35. The zero-order valence-corrected chi connectivity index (χ0v) is 17.5. The Morgan fingerprint density at radius 1 is 1.24 bits per heavy atom. The van der Waals surface area contributed by atoms with Crippen LogP contribution < -0.4 is 10.2 Å². The fourth-order valence-corrected chi connectivity index (χ4v) is 5.13. The van der Waals surface area contributed by atoms with Crippen molar-refractivity contribution in [3.8, 4) is 0 Å². The van der Waals surface area contributed by atoms with Gasteiger partial charge in [0.25, 0.3) is 0 Å².